The molecule has 0 saturated carbocycles. The lowest BCUT2D eigenvalue weighted by atomic mass is 10.2. The van der Waals surface area contributed by atoms with Crippen LogP contribution in [0.15, 0.2) is 29.3 Å². The van der Waals surface area contributed by atoms with Crippen LogP contribution in [-0.4, -0.2) is 52.8 Å². The van der Waals surface area contributed by atoms with Gasteiger partial charge in [-0.3, -0.25) is 4.79 Å². The maximum absolute atomic E-state index is 12.3. The van der Waals surface area contributed by atoms with Crippen LogP contribution in [0.4, 0.5) is 0 Å². The summed E-state index contributed by atoms with van der Waals surface area (Å²) in [6.07, 6.45) is 1.87. The highest BCUT2D eigenvalue weighted by molar-refractivity contribution is 8.00. The SMILES string of the molecule is CCCc1nc(SCC(=O)N2CCOCC2)c2ccccc2n1. The van der Waals surface area contributed by atoms with E-state index in [1.165, 1.54) is 11.8 Å². The molecule has 1 aromatic carbocycles. The zero-order chi connectivity index (χ0) is 16.1. The Labute approximate surface area is 140 Å². The standard InChI is InChI=1S/C17H21N3O2S/c1-2-5-15-18-14-7-4-3-6-13(14)17(19-15)23-12-16(21)20-8-10-22-11-9-20/h3-4,6-7H,2,5,8-12H2,1H3. The van der Waals surface area contributed by atoms with Gasteiger partial charge in [-0.15, -0.1) is 0 Å². The second kappa shape index (κ2) is 7.75. The van der Waals surface area contributed by atoms with Gasteiger partial charge >= 0.3 is 0 Å². The molecule has 0 bridgehead atoms. The van der Waals surface area contributed by atoms with Crippen LogP contribution in [0.5, 0.6) is 0 Å². The van der Waals surface area contributed by atoms with Gasteiger partial charge in [-0.2, -0.15) is 0 Å². The van der Waals surface area contributed by atoms with Crippen molar-refractivity contribution in [2.24, 2.45) is 0 Å². The van der Waals surface area contributed by atoms with Crippen molar-refractivity contribution in [1.82, 2.24) is 14.9 Å². The highest BCUT2D eigenvalue weighted by atomic mass is 32.2. The van der Waals surface area contributed by atoms with Gasteiger partial charge in [0, 0.05) is 24.9 Å². The molecular formula is C17H21N3O2S. The van der Waals surface area contributed by atoms with E-state index >= 15 is 0 Å². The molecule has 122 valence electrons. The first-order valence-electron chi connectivity index (χ1n) is 8.02. The first-order valence-corrected chi connectivity index (χ1v) is 9.00. The Balaban J connectivity index is 1.76. The molecule has 1 fully saturated rings. The molecule has 0 unspecified atom stereocenters. The Hall–Kier alpha value is -1.66. The summed E-state index contributed by atoms with van der Waals surface area (Å²) in [5, 5.41) is 1.92. The van der Waals surface area contributed by atoms with E-state index in [1.807, 2.05) is 29.2 Å². The van der Waals surface area contributed by atoms with Crippen LogP contribution < -0.4 is 0 Å². The highest BCUT2D eigenvalue weighted by Gasteiger charge is 2.18. The largest absolute Gasteiger partial charge is 0.378 e. The van der Waals surface area contributed by atoms with Crippen molar-refractivity contribution in [3.8, 4) is 0 Å². The van der Waals surface area contributed by atoms with E-state index in [1.54, 1.807) is 0 Å². The van der Waals surface area contributed by atoms with Gasteiger partial charge < -0.3 is 9.64 Å². The van der Waals surface area contributed by atoms with Gasteiger partial charge in [0.25, 0.3) is 0 Å². The van der Waals surface area contributed by atoms with Crippen LogP contribution in [0, 0.1) is 0 Å². The number of carbonyl (C=O) groups is 1. The van der Waals surface area contributed by atoms with E-state index in [4.69, 9.17) is 4.74 Å². The van der Waals surface area contributed by atoms with Gasteiger partial charge in [-0.1, -0.05) is 36.9 Å². The number of hydrogen-bond acceptors (Lipinski definition) is 5. The Morgan fingerprint density at radius 2 is 2.04 bits per heavy atom. The molecule has 1 aromatic heterocycles. The van der Waals surface area contributed by atoms with E-state index in [-0.39, 0.29) is 5.91 Å². The number of amides is 1. The topological polar surface area (TPSA) is 55.3 Å². The number of carbonyl (C=O) groups excluding carboxylic acids is 1. The number of morpholine rings is 1. The van der Waals surface area contributed by atoms with Crippen molar-refractivity contribution >= 4 is 28.6 Å². The molecule has 0 radical (unpaired) electrons. The quantitative estimate of drug-likeness (QED) is 0.622. The van der Waals surface area contributed by atoms with Crippen molar-refractivity contribution < 1.29 is 9.53 Å². The van der Waals surface area contributed by atoms with Crippen molar-refractivity contribution in [3.63, 3.8) is 0 Å². The Kier molecular flexibility index (Phi) is 5.46. The lowest BCUT2D eigenvalue weighted by molar-refractivity contribution is -0.132. The van der Waals surface area contributed by atoms with Crippen LogP contribution >= 0.6 is 11.8 Å². The zero-order valence-electron chi connectivity index (χ0n) is 13.3. The minimum Gasteiger partial charge on any atom is -0.378 e. The Morgan fingerprint density at radius 3 is 2.83 bits per heavy atom. The molecule has 1 amide bonds. The van der Waals surface area contributed by atoms with Crippen molar-refractivity contribution in [1.29, 1.82) is 0 Å². The van der Waals surface area contributed by atoms with Crippen molar-refractivity contribution in [2.45, 2.75) is 24.8 Å². The molecule has 2 heterocycles. The monoisotopic (exact) mass is 331 g/mol. The Bertz CT molecular complexity index is 687. The second-order valence-electron chi connectivity index (χ2n) is 5.49. The van der Waals surface area contributed by atoms with E-state index in [2.05, 4.69) is 16.9 Å². The second-order valence-corrected chi connectivity index (χ2v) is 6.46. The number of aryl methyl sites for hydroxylation is 1. The molecule has 5 nitrogen and oxygen atoms in total. The third-order valence-electron chi connectivity index (χ3n) is 3.78. The van der Waals surface area contributed by atoms with Crippen LogP contribution in [0.3, 0.4) is 0 Å². The summed E-state index contributed by atoms with van der Waals surface area (Å²) in [5.74, 6) is 1.41. The van der Waals surface area contributed by atoms with Crippen LogP contribution in [0.2, 0.25) is 0 Å². The number of rotatable bonds is 5. The summed E-state index contributed by atoms with van der Waals surface area (Å²) in [6, 6.07) is 7.99. The third kappa shape index (κ3) is 4.00. The molecule has 0 N–H and O–H groups in total. The first kappa shape index (κ1) is 16.2. The van der Waals surface area contributed by atoms with Crippen LogP contribution in [-0.2, 0) is 16.0 Å². The maximum Gasteiger partial charge on any atom is 0.233 e. The van der Waals surface area contributed by atoms with Gasteiger partial charge in [0.1, 0.15) is 10.9 Å². The smallest absolute Gasteiger partial charge is 0.233 e. The number of benzene rings is 1. The van der Waals surface area contributed by atoms with Gasteiger partial charge in [0.2, 0.25) is 5.91 Å². The molecule has 0 aliphatic carbocycles. The summed E-state index contributed by atoms with van der Waals surface area (Å²) < 4.78 is 5.29. The van der Waals surface area contributed by atoms with E-state index in [0.29, 0.717) is 32.1 Å². The van der Waals surface area contributed by atoms with Gasteiger partial charge in [0.15, 0.2) is 0 Å². The fraction of sp³-hybridized carbons (Fsp3) is 0.471. The fourth-order valence-electron chi connectivity index (χ4n) is 2.57. The summed E-state index contributed by atoms with van der Waals surface area (Å²) in [7, 11) is 0. The van der Waals surface area contributed by atoms with E-state index in [9.17, 15) is 4.79 Å². The van der Waals surface area contributed by atoms with Gasteiger partial charge in [0.05, 0.1) is 24.5 Å². The zero-order valence-corrected chi connectivity index (χ0v) is 14.1. The third-order valence-corrected chi connectivity index (χ3v) is 4.76. The predicted molar refractivity (Wildman–Crippen MR) is 91.7 cm³/mol. The lowest BCUT2D eigenvalue weighted by Crippen LogP contribution is -2.41. The van der Waals surface area contributed by atoms with Crippen LogP contribution in [0.1, 0.15) is 19.2 Å². The minimum absolute atomic E-state index is 0.151. The molecule has 0 spiro atoms. The lowest BCUT2D eigenvalue weighted by Gasteiger charge is -2.26. The molecule has 0 atom stereocenters. The molecule has 1 aliphatic heterocycles. The van der Waals surface area contributed by atoms with E-state index in [0.717, 1.165) is 34.6 Å². The molecule has 1 aliphatic rings. The predicted octanol–water partition coefficient (Wildman–Crippen LogP) is 2.53. The minimum atomic E-state index is 0.151. The highest BCUT2D eigenvalue weighted by Crippen LogP contribution is 2.26. The molecule has 6 heteroatoms. The number of para-hydroxylation sites is 1. The molecule has 23 heavy (non-hydrogen) atoms. The molecule has 1 saturated heterocycles. The number of hydrogen-bond donors (Lipinski definition) is 0. The number of thioether (sulfide) groups is 1. The number of nitrogens with zero attached hydrogens (tertiary/aromatic N) is 3. The fourth-order valence-corrected chi connectivity index (χ4v) is 3.51. The first-order chi connectivity index (χ1) is 11.3. The Morgan fingerprint density at radius 1 is 1.26 bits per heavy atom. The molecule has 3 rings (SSSR count). The normalized spacial score (nSPS) is 15.1. The van der Waals surface area contributed by atoms with Gasteiger partial charge in [-0.05, 0) is 12.5 Å². The number of fused-ring (bicyclic) bond motifs is 1. The summed E-state index contributed by atoms with van der Waals surface area (Å²) in [6.45, 7) is 4.75. The van der Waals surface area contributed by atoms with E-state index < -0.39 is 0 Å². The average Bonchev–Trinajstić information content (AvgIpc) is 2.60. The molecular weight excluding hydrogens is 310 g/mol. The summed E-state index contributed by atoms with van der Waals surface area (Å²) in [4.78, 5) is 23.5. The van der Waals surface area contributed by atoms with Crippen LogP contribution in [0.25, 0.3) is 10.9 Å². The summed E-state index contributed by atoms with van der Waals surface area (Å²) in [5.41, 5.74) is 0.951. The average molecular weight is 331 g/mol. The van der Waals surface area contributed by atoms with Crippen molar-refractivity contribution in [3.05, 3.63) is 30.1 Å². The maximum atomic E-state index is 12.3. The number of aromatic nitrogens is 2. The number of ether oxygens (including phenoxy) is 1. The van der Waals surface area contributed by atoms with Crippen molar-refractivity contribution in [2.75, 3.05) is 32.1 Å². The van der Waals surface area contributed by atoms with Gasteiger partial charge in [-0.25, -0.2) is 9.97 Å². The summed E-state index contributed by atoms with van der Waals surface area (Å²) >= 11 is 1.51. The molecule has 2 aromatic rings.